The Hall–Kier alpha value is -2.31. The van der Waals surface area contributed by atoms with Gasteiger partial charge in [-0.15, -0.1) is 0 Å². The van der Waals surface area contributed by atoms with E-state index in [0.29, 0.717) is 10.9 Å². The third-order valence-electron chi connectivity index (χ3n) is 4.97. The highest BCUT2D eigenvalue weighted by Crippen LogP contribution is 2.28. The maximum absolute atomic E-state index is 13.9. The zero-order valence-corrected chi connectivity index (χ0v) is 14.5. The second kappa shape index (κ2) is 7.93. The minimum absolute atomic E-state index is 0.138. The number of amides is 1. The summed E-state index contributed by atoms with van der Waals surface area (Å²) in [4.78, 5) is 16.5. The number of aromatic nitrogens is 1. The Bertz CT molecular complexity index is 790. The summed E-state index contributed by atoms with van der Waals surface area (Å²) in [6, 6.07) is 3.79. The minimum atomic E-state index is -3.12. The van der Waals surface area contributed by atoms with Crippen molar-refractivity contribution in [3.05, 3.63) is 35.8 Å². The number of carbonyl (C=O) groups excluding carboxylic acids is 1. The number of hydrogen-bond donors (Lipinski definition) is 1. The SMILES string of the molecule is CCC1CCC(NC(=O)c2cnc3cc(OC(F)F)c(F)cc3c2)CC1. The van der Waals surface area contributed by atoms with Crippen molar-refractivity contribution in [3.63, 3.8) is 0 Å². The number of pyridine rings is 1. The van der Waals surface area contributed by atoms with E-state index in [9.17, 15) is 18.0 Å². The molecule has 1 N–H and O–H groups in total. The number of hydrogen-bond acceptors (Lipinski definition) is 3. The molecule has 1 aliphatic rings. The molecule has 0 radical (unpaired) electrons. The van der Waals surface area contributed by atoms with Crippen molar-refractivity contribution in [2.45, 2.75) is 51.7 Å². The van der Waals surface area contributed by atoms with Crippen molar-refractivity contribution in [1.82, 2.24) is 10.3 Å². The standard InChI is InChI=1S/C19H21F3N2O2/c1-2-11-3-5-14(6-4-11)24-18(25)13-7-12-8-15(20)17(26-19(21)22)9-16(12)23-10-13/h7-11,14,19H,2-6H2,1H3,(H,24,25). The molecule has 0 aliphatic heterocycles. The Kier molecular flexibility index (Phi) is 5.64. The van der Waals surface area contributed by atoms with Crippen LogP contribution in [0.2, 0.25) is 0 Å². The normalized spacial score (nSPS) is 20.3. The highest BCUT2D eigenvalue weighted by Gasteiger charge is 2.22. The molecule has 4 nitrogen and oxygen atoms in total. The number of alkyl halides is 2. The lowest BCUT2D eigenvalue weighted by Crippen LogP contribution is -2.37. The number of ether oxygens (including phenoxy) is 1. The van der Waals surface area contributed by atoms with Gasteiger partial charge in [-0.05, 0) is 43.7 Å². The van der Waals surface area contributed by atoms with Gasteiger partial charge >= 0.3 is 6.61 Å². The van der Waals surface area contributed by atoms with E-state index < -0.39 is 18.2 Å². The predicted octanol–water partition coefficient (Wildman–Crippen LogP) is 4.67. The first-order valence-electron chi connectivity index (χ1n) is 8.81. The molecule has 0 atom stereocenters. The highest BCUT2D eigenvalue weighted by atomic mass is 19.3. The molecule has 0 unspecified atom stereocenters. The summed E-state index contributed by atoms with van der Waals surface area (Å²) in [5.74, 6) is -1.01. The van der Waals surface area contributed by atoms with Gasteiger partial charge in [0.05, 0.1) is 11.1 Å². The van der Waals surface area contributed by atoms with Crippen molar-refractivity contribution in [2.24, 2.45) is 5.92 Å². The van der Waals surface area contributed by atoms with Crippen LogP contribution in [0.1, 0.15) is 49.4 Å². The van der Waals surface area contributed by atoms with E-state index in [1.54, 1.807) is 0 Å². The highest BCUT2D eigenvalue weighted by molar-refractivity contribution is 5.97. The molecular weight excluding hydrogens is 345 g/mol. The molecule has 7 heteroatoms. The van der Waals surface area contributed by atoms with Gasteiger partial charge in [-0.3, -0.25) is 9.78 Å². The van der Waals surface area contributed by atoms with E-state index in [2.05, 4.69) is 22.0 Å². The molecule has 1 heterocycles. The molecule has 2 aromatic rings. The quantitative estimate of drug-likeness (QED) is 0.836. The van der Waals surface area contributed by atoms with Gasteiger partial charge in [-0.25, -0.2) is 4.39 Å². The van der Waals surface area contributed by atoms with Gasteiger partial charge in [0.15, 0.2) is 11.6 Å². The van der Waals surface area contributed by atoms with Crippen molar-refractivity contribution in [1.29, 1.82) is 0 Å². The third-order valence-corrected chi connectivity index (χ3v) is 4.97. The van der Waals surface area contributed by atoms with Crippen LogP contribution in [0.5, 0.6) is 5.75 Å². The van der Waals surface area contributed by atoms with Gasteiger partial charge < -0.3 is 10.1 Å². The molecule has 1 aromatic heterocycles. The van der Waals surface area contributed by atoms with Crippen LogP contribution < -0.4 is 10.1 Å². The van der Waals surface area contributed by atoms with Crippen LogP contribution in [0.4, 0.5) is 13.2 Å². The zero-order valence-electron chi connectivity index (χ0n) is 14.5. The molecule has 0 bridgehead atoms. The summed E-state index contributed by atoms with van der Waals surface area (Å²) in [6.45, 7) is -0.934. The maximum atomic E-state index is 13.9. The number of nitrogens with one attached hydrogen (secondary N) is 1. The number of rotatable bonds is 5. The summed E-state index contributed by atoms with van der Waals surface area (Å²) in [5.41, 5.74) is 0.596. The molecule has 140 valence electrons. The lowest BCUT2D eigenvalue weighted by molar-refractivity contribution is -0.0520. The minimum Gasteiger partial charge on any atom is -0.432 e. The van der Waals surface area contributed by atoms with Gasteiger partial charge in [0.25, 0.3) is 5.91 Å². The smallest absolute Gasteiger partial charge is 0.387 e. The molecule has 1 aliphatic carbocycles. The first kappa shape index (κ1) is 18.5. The van der Waals surface area contributed by atoms with E-state index in [1.165, 1.54) is 12.3 Å². The number of benzene rings is 1. The van der Waals surface area contributed by atoms with Crippen LogP contribution in [-0.4, -0.2) is 23.5 Å². The number of halogens is 3. The summed E-state index contributed by atoms with van der Waals surface area (Å²) in [5, 5.41) is 3.35. The zero-order chi connectivity index (χ0) is 18.7. The van der Waals surface area contributed by atoms with E-state index in [4.69, 9.17) is 0 Å². The van der Waals surface area contributed by atoms with Gasteiger partial charge in [0.2, 0.25) is 0 Å². The second-order valence-corrected chi connectivity index (χ2v) is 6.68. The summed E-state index contributed by atoms with van der Waals surface area (Å²) in [6.07, 6.45) is 6.64. The fourth-order valence-corrected chi connectivity index (χ4v) is 3.42. The fraction of sp³-hybridized carbons (Fsp3) is 0.474. The first-order chi connectivity index (χ1) is 12.5. The van der Waals surface area contributed by atoms with E-state index in [0.717, 1.165) is 50.2 Å². The average Bonchev–Trinajstić information content (AvgIpc) is 2.62. The van der Waals surface area contributed by atoms with Crippen molar-refractivity contribution in [3.8, 4) is 5.75 Å². The van der Waals surface area contributed by atoms with Crippen molar-refractivity contribution >= 4 is 16.8 Å². The summed E-state index contributed by atoms with van der Waals surface area (Å²) in [7, 11) is 0. The van der Waals surface area contributed by atoms with Crippen molar-refractivity contribution in [2.75, 3.05) is 0 Å². The van der Waals surface area contributed by atoms with Crippen molar-refractivity contribution < 1.29 is 22.7 Å². The molecular formula is C19H21F3N2O2. The molecule has 3 rings (SSSR count). The van der Waals surface area contributed by atoms with Gasteiger partial charge in [-0.1, -0.05) is 13.3 Å². The monoisotopic (exact) mass is 366 g/mol. The molecule has 1 amide bonds. The summed E-state index contributed by atoms with van der Waals surface area (Å²) >= 11 is 0. The first-order valence-corrected chi connectivity index (χ1v) is 8.81. The lowest BCUT2D eigenvalue weighted by atomic mass is 9.84. The van der Waals surface area contributed by atoms with E-state index >= 15 is 0 Å². The largest absolute Gasteiger partial charge is 0.432 e. The third kappa shape index (κ3) is 4.26. The van der Waals surface area contributed by atoms with E-state index in [-0.39, 0.29) is 17.5 Å². The Morgan fingerprint density at radius 3 is 2.65 bits per heavy atom. The molecule has 1 fully saturated rings. The number of fused-ring (bicyclic) bond motifs is 1. The molecule has 1 saturated carbocycles. The van der Waals surface area contributed by atoms with Crippen LogP contribution >= 0.6 is 0 Å². The summed E-state index contributed by atoms with van der Waals surface area (Å²) < 4.78 is 42.5. The molecule has 26 heavy (non-hydrogen) atoms. The van der Waals surface area contributed by atoms with Gasteiger partial charge in [-0.2, -0.15) is 8.78 Å². The van der Waals surface area contributed by atoms with Crippen LogP contribution in [0, 0.1) is 11.7 Å². The average molecular weight is 366 g/mol. The van der Waals surface area contributed by atoms with Crippen LogP contribution in [-0.2, 0) is 0 Å². The molecule has 1 aromatic carbocycles. The Morgan fingerprint density at radius 2 is 2.00 bits per heavy atom. The Morgan fingerprint density at radius 1 is 1.27 bits per heavy atom. The number of carbonyl (C=O) groups is 1. The Balaban J connectivity index is 1.73. The van der Waals surface area contributed by atoms with Crippen LogP contribution in [0.15, 0.2) is 24.4 Å². The van der Waals surface area contributed by atoms with Gasteiger partial charge in [0, 0.05) is 23.7 Å². The lowest BCUT2D eigenvalue weighted by Gasteiger charge is -2.28. The van der Waals surface area contributed by atoms with Gasteiger partial charge in [0.1, 0.15) is 0 Å². The van der Waals surface area contributed by atoms with E-state index in [1.807, 2.05) is 0 Å². The van der Waals surface area contributed by atoms with Crippen LogP contribution in [0.3, 0.4) is 0 Å². The molecule has 0 saturated heterocycles. The maximum Gasteiger partial charge on any atom is 0.387 e. The Labute approximate surface area is 149 Å². The molecule has 0 spiro atoms. The predicted molar refractivity (Wildman–Crippen MR) is 91.8 cm³/mol. The van der Waals surface area contributed by atoms with Crippen LogP contribution in [0.25, 0.3) is 10.9 Å². The topological polar surface area (TPSA) is 51.2 Å². The number of nitrogens with zero attached hydrogens (tertiary/aromatic N) is 1. The fourth-order valence-electron chi connectivity index (χ4n) is 3.42. The second-order valence-electron chi connectivity index (χ2n) is 6.68.